The summed E-state index contributed by atoms with van der Waals surface area (Å²) in [6.07, 6.45) is -3.03. The van der Waals surface area contributed by atoms with E-state index in [9.17, 15) is 23.1 Å². The molecule has 1 amide bonds. The molecule has 37 heavy (non-hydrogen) atoms. The van der Waals surface area contributed by atoms with Gasteiger partial charge in [-0.2, -0.15) is 22.0 Å². The Bertz CT molecular complexity index is 1090. The third-order valence-corrected chi connectivity index (χ3v) is 6.99. The highest BCUT2D eigenvalue weighted by molar-refractivity contribution is 6.30. The van der Waals surface area contributed by atoms with Crippen molar-refractivity contribution in [1.82, 2.24) is 15.2 Å². The summed E-state index contributed by atoms with van der Waals surface area (Å²) in [7, 11) is 0. The largest absolute Gasteiger partial charge is 0.468 e. The SMILES string of the molecule is O=C(N[C@H](CN1CCCC1)[C@H](O)c1ccc(OCC(F)(F)F)nc1)C(F)(F)C1Cc2ccc(Cl)cc2C1. The first kappa shape index (κ1) is 27.5. The summed E-state index contributed by atoms with van der Waals surface area (Å²) in [5, 5.41) is 13.8. The first-order valence-corrected chi connectivity index (χ1v) is 12.3. The van der Waals surface area contributed by atoms with E-state index < -0.39 is 42.7 Å². The van der Waals surface area contributed by atoms with Crippen LogP contribution in [0.25, 0.3) is 0 Å². The molecular weight excluding hydrogens is 521 g/mol. The number of pyridine rings is 1. The van der Waals surface area contributed by atoms with Crippen LogP contribution in [-0.2, 0) is 17.6 Å². The number of nitrogens with zero attached hydrogens (tertiary/aromatic N) is 2. The van der Waals surface area contributed by atoms with Gasteiger partial charge in [-0.1, -0.05) is 17.7 Å². The molecule has 0 saturated carbocycles. The highest BCUT2D eigenvalue weighted by Crippen LogP contribution is 2.38. The number of benzene rings is 1. The zero-order valence-electron chi connectivity index (χ0n) is 19.8. The number of hydrogen-bond donors (Lipinski definition) is 2. The fourth-order valence-corrected chi connectivity index (χ4v) is 5.00. The smallest absolute Gasteiger partial charge is 0.422 e. The van der Waals surface area contributed by atoms with Crippen molar-refractivity contribution in [3.05, 3.63) is 58.2 Å². The number of aromatic nitrogens is 1. The molecule has 3 atom stereocenters. The number of carbonyl (C=O) groups is 1. The van der Waals surface area contributed by atoms with Crippen molar-refractivity contribution in [2.45, 2.75) is 49.9 Å². The number of halogens is 6. The van der Waals surface area contributed by atoms with Crippen molar-refractivity contribution in [3.63, 3.8) is 0 Å². The number of amides is 1. The van der Waals surface area contributed by atoms with Gasteiger partial charge < -0.3 is 20.1 Å². The Kier molecular flexibility index (Phi) is 8.25. The van der Waals surface area contributed by atoms with E-state index in [1.54, 1.807) is 18.2 Å². The molecule has 1 aliphatic heterocycles. The summed E-state index contributed by atoms with van der Waals surface area (Å²) in [6.45, 7) is -0.0228. The highest BCUT2D eigenvalue weighted by atomic mass is 35.5. The van der Waals surface area contributed by atoms with Gasteiger partial charge >= 0.3 is 12.1 Å². The van der Waals surface area contributed by atoms with Crippen molar-refractivity contribution in [1.29, 1.82) is 0 Å². The number of aliphatic hydroxyl groups is 1. The molecule has 1 saturated heterocycles. The van der Waals surface area contributed by atoms with E-state index in [2.05, 4.69) is 15.0 Å². The molecule has 1 aromatic carbocycles. The molecule has 1 fully saturated rings. The first-order chi connectivity index (χ1) is 17.4. The molecule has 2 N–H and O–H groups in total. The van der Waals surface area contributed by atoms with Crippen LogP contribution in [0, 0.1) is 5.92 Å². The van der Waals surface area contributed by atoms with Gasteiger partial charge in [0, 0.05) is 35.3 Å². The van der Waals surface area contributed by atoms with Crippen LogP contribution in [0.4, 0.5) is 22.0 Å². The molecule has 12 heteroatoms. The van der Waals surface area contributed by atoms with Gasteiger partial charge in [-0.05, 0) is 68.1 Å². The molecular formula is C25H27ClF5N3O3. The van der Waals surface area contributed by atoms with Gasteiger partial charge in [0.05, 0.1) is 6.04 Å². The number of ether oxygens (including phenoxy) is 1. The Morgan fingerprint density at radius 3 is 2.49 bits per heavy atom. The molecule has 0 spiro atoms. The minimum absolute atomic E-state index is 0.00103. The number of fused-ring (bicyclic) bond motifs is 1. The van der Waals surface area contributed by atoms with E-state index in [4.69, 9.17) is 11.6 Å². The van der Waals surface area contributed by atoms with Gasteiger partial charge in [-0.3, -0.25) is 4.79 Å². The molecule has 202 valence electrons. The van der Waals surface area contributed by atoms with Crippen LogP contribution < -0.4 is 10.1 Å². The number of alkyl halides is 5. The standard InChI is InChI=1S/C25H27ClF5N3O3/c26-19-5-3-15-9-18(10-17(15)11-19)25(30,31)23(36)33-20(13-34-7-1-2-8-34)22(35)16-4-6-21(32-12-16)37-14-24(27,28)29/h3-6,11-12,18,20,22,35H,1-2,7-10,13-14H2,(H,33,36)/t18?,20-,22-/m1/s1. The average Bonchev–Trinajstić information content (AvgIpc) is 3.51. The molecule has 2 aliphatic rings. The second kappa shape index (κ2) is 11.1. The van der Waals surface area contributed by atoms with Crippen LogP contribution in [0.1, 0.15) is 35.6 Å². The lowest BCUT2D eigenvalue weighted by Gasteiger charge is -2.31. The van der Waals surface area contributed by atoms with Crippen molar-refractivity contribution in [2.75, 3.05) is 26.2 Å². The Labute approximate surface area is 215 Å². The maximum absolute atomic E-state index is 15.3. The molecule has 2 heterocycles. The van der Waals surface area contributed by atoms with E-state index in [0.29, 0.717) is 23.7 Å². The van der Waals surface area contributed by atoms with Crippen molar-refractivity contribution in [2.24, 2.45) is 5.92 Å². The third kappa shape index (κ3) is 6.88. The molecule has 2 aromatic rings. The first-order valence-electron chi connectivity index (χ1n) is 11.9. The van der Waals surface area contributed by atoms with E-state index in [0.717, 1.165) is 30.7 Å². The molecule has 4 rings (SSSR count). The minimum atomic E-state index is -4.54. The van der Waals surface area contributed by atoms with Crippen LogP contribution in [0.3, 0.4) is 0 Å². The van der Waals surface area contributed by atoms with Crippen LogP contribution >= 0.6 is 11.6 Å². The maximum Gasteiger partial charge on any atom is 0.422 e. The average molecular weight is 548 g/mol. The van der Waals surface area contributed by atoms with E-state index >= 15 is 8.78 Å². The predicted octanol–water partition coefficient (Wildman–Crippen LogP) is 4.34. The lowest BCUT2D eigenvalue weighted by Crippen LogP contribution is -2.54. The highest BCUT2D eigenvalue weighted by Gasteiger charge is 2.50. The van der Waals surface area contributed by atoms with Gasteiger partial charge in [0.25, 0.3) is 5.91 Å². The van der Waals surface area contributed by atoms with E-state index in [1.165, 1.54) is 6.07 Å². The Morgan fingerprint density at radius 2 is 1.84 bits per heavy atom. The van der Waals surface area contributed by atoms with Crippen LogP contribution in [0.2, 0.25) is 5.02 Å². The summed E-state index contributed by atoms with van der Waals surface area (Å²) in [5.41, 5.74) is 1.54. The number of aliphatic hydroxyl groups excluding tert-OH is 1. The number of hydrogen-bond acceptors (Lipinski definition) is 5. The molecule has 0 bridgehead atoms. The maximum atomic E-state index is 15.3. The van der Waals surface area contributed by atoms with Gasteiger partial charge in [0.1, 0.15) is 6.10 Å². The Morgan fingerprint density at radius 1 is 1.14 bits per heavy atom. The zero-order valence-corrected chi connectivity index (χ0v) is 20.5. The Hall–Kier alpha value is -2.50. The normalized spacial score (nSPS) is 19.9. The fourth-order valence-electron chi connectivity index (χ4n) is 4.80. The molecule has 1 unspecified atom stereocenters. The van der Waals surface area contributed by atoms with Gasteiger partial charge in [0.2, 0.25) is 5.88 Å². The number of likely N-dealkylation sites (tertiary alicyclic amines) is 1. The summed E-state index contributed by atoms with van der Waals surface area (Å²) in [6, 6.07) is 6.27. The second-order valence-corrected chi connectivity index (χ2v) is 9.94. The Balaban J connectivity index is 1.46. The quantitative estimate of drug-likeness (QED) is 0.457. The van der Waals surface area contributed by atoms with Crippen LogP contribution in [0.15, 0.2) is 36.5 Å². The van der Waals surface area contributed by atoms with E-state index in [1.807, 2.05) is 4.90 Å². The molecule has 1 aromatic heterocycles. The second-order valence-electron chi connectivity index (χ2n) is 9.51. The number of nitrogens with one attached hydrogen (secondary N) is 1. The summed E-state index contributed by atoms with van der Waals surface area (Å²) >= 11 is 5.98. The van der Waals surface area contributed by atoms with Crippen LogP contribution in [0.5, 0.6) is 5.88 Å². The van der Waals surface area contributed by atoms with Gasteiger partial charge in [-0.15, -0.1) is 0 Å². The predicted molar refractivity (Wildman–Crippen MR) is 126 cm³/mol. The lowest BCUT2D eigenvalue weighted by molar-refractivity contribution is -0.155. The van der Waals surface area contributed by atoms with Crippen molar-refractivity contribution < 1.29 is 36.6 Å². The third-order valence-electron chi connectivity index (χ3n) is 6.75. The lowest BCUT2D eigenvalue weighted by atomic mass is 9.96. The summed E-state index contributed by atoms with van der Waals surface area (Å²) in [5.74, 6) is -6.75. The zero-order chi connectivity index (χ0) is 26.8. The van der Waals surface area contributed by atoms with Crippen molar-refractivity contribution >= 4 is 17.5 Å². The van der Waals surface area contributed by atoms with E-state index in [-0.39, 0.29) is 30.8 Å². The van der Waals surface area contributed by atoms with Crippen LogP contribution in [-0.4, -0.2) is 65.3 Å². The summed E-state index contributed by atoms with van der Waals surface area (Å²) < 4.78 is 72.3. The number of carbonyl (C=O) groups excluding carboxylic acids is 1. The van der Waals surface area contributed by atoms with Crippen molar-refractivity contribution in [3.8, 4) is 5.88 Å². The van der Waals surface area contributed by atoms with Gasteiger partial charge in [-0.25, -0.2) is 4.98 Å². The summed E-state index contributed by atoms with van der Waals surface area (Å²) in [4.78, 5) is 18.6. The minimum Gasteiger partial charge on any atom is -0.468 e. The number of rotatable bonds is 9. The monoisotopic (exact) mass is 547 g/mol. The fraction of sp³-hybridized carbons (Fsp3) is 0.520. The molecule has 6 nitrogen and oxygen atoms in total. The topological polar surface area (TPSA) is 74.7 Å². The molecule has 1 aliphatic carbocycles. The molecule has 0 radical (unpaired) electrons. The van der Waals surface area contributed by atoms with Gasteiger partial charge in [0.15, 0.2) is 6.61 Å².